The number of nitrogens with zero attached hydrogens (tertiary/aromatic N) is 5. The Morgan fingerprint density at radius 1 is 0.981 bits per heavy atom. The molecule has 0 aliphatic carbocycles. The van der Waals surface area contributed by atoms with E-state index in [0.29, 0.717) is 42.6 Å². The number of hydrogen-bond donors (Lipinski definition) is 3. The molecule has 0 amide bonds. The number of esters is 1. The zero-order chi connectivity index (χ0) is 36.8. The molecule has 3 aromatic carbocycles. The Bertz CT molecular complexity index is 2030. The molecule has 52 heavy (non-hydrogen) atoms. The molecule has 2 aliphatic heterocycles. The molecule has 272 valence electrons. The molecule has 0 spiro atoms. The molecule has 3 atom stereocenters. The number of rotatable bonds is 10. The lowest BCUT2D eigenvalue weighted by molar-refractivity contribution is -0.162. The van der Waals surface area contributed by atoms with Crippen molar-refractivity contribution in [3.8, 4) is 28.5 Å². The predicted octanol–water partition coefficient (Wildman–Crippen LogP) is 5.16. The van der Waals surface area contributed by atoms with Crippen LogP contribution >= 0.6 is 0 Å². The fraction of sp³-hybridized carbons (Fsp3) is 0.343. The van der Waals surface area contributed by atoms with E-state index in [1.54, 1.807) is 18.2 Å². The monoisotopic (exact) mass is 716 g/mol. The van der Waals surface area contributed by atoms with Crippen LogP contribution in [0.2, 0.25) is 0 Å². The number of fused-ring (bicyclic) bond motifs is 2. The van der Waals surface area contributed by atoms with Gasteiger partial charge in [-0.3, -0.25) is 4.57 Å². The normalized spacial score (nSPS) is 17.9. The van der Waals surface area contributed by atoms with E-state index in [2.05, 4.69) is 25.6 Å². The first-order chi connectivity index (χ1) is 25.0. The lowest BCUT2D eigenvalue weighted by atomic mass is 9.98. The maximum absolute atomic E-state index is 13.7. The Morgan fingerprint density at radius 2 is 1.73 bits per heavy atom. The highest BCUT2D eigenvalue weighted by Gasteiger charge is 2.45. The molecule has 5 aromatic rings. The minimum Gasteiger partial charge on any atom is -0.465 e. The Morgan fingerprint density at radius 3 is 2.44 bits per heavy atom. The van der Waals surface area contributed by atoms with Crippen LogP contribution in [0, 0.1) is 0 Å². The smallest absolute Gasteiger partial charge is 0.465 e. The minimum absolute atomic E-state index is 0.0991. The van der Waals surface area contributed by atoms with Gasteiger partial charge < -0.3 is 38.6 Å². The largest absolute Gasteiger partial charge is 0.512 e. The van der Waals surface area contributed by atoms with Gasteiger partial charge in [0.1, 0.15) is 6.10 Å². The fourth-order valence-electron chi connectivity index (χ4n) is 6.07. The lowest BCUT2D eigenvalue weighted by Crippen LogP contribution is -2.38. The predicted molar refractivity (Wildman–Crippen MR) is 181 cm³/mol. The molecule has 0 unspecified atom stereocenters. The number of carboxylic acid groups (broad SMARTS) is 2. The van der Waals surface area contributed by atoms with Gasteiger partial charge in [0.2, 0.25) is 5.82 Å². The number of para-hydroxylation sites is 1. The van der Waals surface area contributed by atoms with Gasteiger partial charge in [-0.05, 0) is 47.4 Å². The van der Waals surface area contributed by atoms with Crippen LogP contribution in [0.15, 0.2) is 66.7 Å². The highest BCUT2D eigenvalue weighted by atomic mass is 16.8. The number of tetrazole rings is 1. The van der Waals surface area contributed by atoms with Crippen LogP contribution in [0.4, 0.5) is 9.59 Å². The topological polar surface area (TPSA) is 219 Å². The number of H-pyrrole nitrogens is 1. The quantitative estimate of drug-likeness (QED) is 0.126. The molecule has 0 bridgehead atoms. The Balaban J connectivity index is 0.00000110. The summed E-state index contributed by atoms with van der Waals surface area (Å²) in [4.78, 5) is 39.5. The average molecular weight is 717 g/mol. The average Bonchev–Trinajstić information content (AvgIpc) is 3.92. The molecule has 17 nitrogen and oxygen atoms in total. The van der Waals surface area contributed by atoms with Gasteiger partial charge in [0, 0.05) is 26.0 Å². The second-order valence-electron chi connectivity index (χ2n) is 12.1. The van der Waals surface area contributed by atoms with E-state index in [-0.39, 0.29) is 24.4 Å². The fourth-order valence-corrected chi connectivity index (χ4v) is 6.07. The summed E-state index contributed by atoms with van der Waals surface area (Å²) in [5.41, 5.74) is 5.02. The first kappa shape index (κ1) is 35.7. The maximum Gasteiger partial charge on any atom is 0.512 e. The van der Waals surface area contributed by atoms with Crippen molar-refractivity contribution in [1.82, 2.24) is 30.2 Å². The molecule has 2 saturated heterocycles. The van der Waals surface area contributed by atoms with Gasteiger partial charge in [-0.25, -0.2) is 14.4 Å². The summed E-state index contributed by atoms with van der Waals surface area (Å²) in [5.74, 6) is -1.85. The van der Waals surface area contributed by atoms with Crippen LogP contribution in [0.1, 0.15) is 43.1 Å². The first-order valence-electron chi connectivity index (χ1n) is 16.3. The van der Waals surface area contributed by atoms with E-state index in [1.165, 1.54) is 13.8 Å². The van der Waals surface area contributed by atoms with Crippen molar-refractivity contribution in [1.29, 1.82) is 0 Å². The first-order valence-corrected chi connectivity index (χ1v) is 16.3. The van der Waals surface area contributed by atoms with Crippen molar-refractivity contribution < 1.29 is 53.0 Å². The van der Waals surface area contributed by atoms with Crippen molar-refractivity contribution >= 4 is 29.3 Å². The van der Waals surface area contributed by atoms with Gasteiger partial charge >= 0.3 is 18.3 Å². The number of ether oxygens (including phenoxy) is 6. The summed E-state index contributed by atoms with van der Waals surface area (Å²) in [7, 11) is 0. The molecule has 2 aromatic heterocycles. The van der Waals surface area contributed by atoms with Gasteiger partial charge in [-0.15, -0.1) is 10.2 Å². The molecule has 0 radical (unpaired) electrons. The molecule has 3 N–H and O–H groups in total. The zero-order valence-electron chi connectivity index (χ0n) is 28.4. The molecule has 17 heteroatoms. The Labute approximate surface area is 296 Å². The third kappa shape index (κ3) is 8.11. The van der Waals surface area contributed by atoms with Crippen LogP contribution in [-0.2, 0) is 30.2 Å². The Hall–Kier alpha value is -6.07. The third-order valence-corrected chi connectivity index (χ3v) is 8.18. The molecule has 4 heterocycles. The summed E-state index contributed by atoms with van der Waals surface area (Å²) < 4.78 is 35.6. The number of aromatic nitrogens is 6. The highest BCUT2D eigenvalue weighted by molar-refractivity contribution is 6.02. The highest BCUT2D eigenvalue weighted by Crippen LogP contribution is 2.32. The van der Waals surface area contributed by atoms with Crippen LogP contribution in [0.5, 0.6) is 6.01 Å². The van der Waals surface area contributed by atoms with Crippen molar-refractivity contribution in [2.45, 2.75) is 57.8 Å². The van der Waals surface area contributed by atoms with E-state index >= 15 is 0 Å². The van der Waals surface area contributed by atoms with E-state index in [4.69, 9.17) is 43.4 Å². The van der Waals surface area contributed by atoms with Crippen molar-refractivity contribution in [2.24, 2.45) is 0 Å². The van der Waals surface area contributed by atoms with Gasteiger partial charge in [0.25, 0.3) is 11.8 Å². The second-order valence-corrected chi connectivity index (χ2v) is 12.1. The van der Waals surface area contributed by atoms with Crippen LogP contribution in [-0.4, -0.2) is 103 Å². The summed E-state index contributed by atoms with van der Waals surface area (Å²) in [6, 6.07) is 21.4. The van der Waals surface area contributed by atoms with Crippen molar-refractivity contribution in [2.75, 3.05) is 19.8 Å². The molecule has 0 saturated carbocycles. The van der Waals surface area contributed by atoms with E-state index < -0.39 is 30.2 Å². The second kappa shape index (κ2) is 15.4. The van der Waals surface area contributed by atoms with Gasteiger partial charge in [0.15, 0.2) is 6.10 Å². The van der Waals surface area contributed by atoms with E-state index in [0.717, 1.165) is 28.7 Å². The number of hydrogen-bond acceptors (Lipinski definition) is 13. The standard InChI is InChI=1S/C34H34N6O8.CH2O3/c1-4-43-32-35-25-11-7-10-24(31(41)47-34(2,3)48-33(42)46-27-19-45-26-16-17-44-29(26)27)28(25)40(32)18-20-12-14-21(15-13-20)22-8-5-6-9-23(22)30-36-38-39-37-30;2-1(3)4/h5-15,26-27,29H,4,16-19H2,1-3H3,(H,36,37,38,39);(H2,2,3,4)/t26-,27+,29+;/m1./s1. The maximum atomic E-state index is 13.7. The van der Waals surface area contributed by atoms with Gasteiger partial charge in [-0.2, -0.15) is 10.2 Å². The van der Waals surface area contributed by atoms with E-state index in [9.17, 15) is 9.59 Å². The van der Waals surface area contributed by atoms with Crippen LogP contribution < -0.4 is 4.74 Å². The summed E-state index contributed by atoms with van der Waals surface area (Å²) in [6.07, 6.45) is -3.09. The van der Waals surface area contributed by atoms with Gasteiger partial charge in [0.05, 0.1) is 42.5 Å². The number of imidazole rings is 1. The molecule has 2 fully saturated rings. The summed E-state index contributed by atoms with van der Waals surface area (Å²) >= 11 is 0. The number of benzene rings is 3. The van der Waals surface area contributed by atoms with Crippen LogP contribution in [0.25, 0.3) is 33.5 Å². The van der Waals surface area contributed by atoms with E-state index in [1.807, 2.05) is 60.0 Å². The number of aromatic amines is 1. The van der Waals surface area contributed by atoms with Crippen molar-refractivity contribution in [3.63, 3.8) is 0 Å². The summed E-state index contributed by atoms with van der Waals surface area (Å²) in [5, 5.41) is 28.4. The third-order valence-electron chi connectivity index (χ3n) is 8.18. The molecule has 2 aliphatic rings. The SMILES string of the molecule is CCOc1nc2cccc(C(=O)OC(C)(C)OC(=O)O[C@H]3CO[C@@H]4CCO[C@H]34)c2n1Cc1ccc(-c2ccccc2-c2nn[nH]n2)cc1.O=C(O)O. The van der Waals surface area contributed by atoms with Crippen LogP contribution in [0.3, 0.4) is 0 Å². The molecule has 7 rings (SSSR count). The minimum atomic E-state index is -1.83. The summed E-state index contributed by atoms with van der Waals surface area (Å²) in [6.45, 7) is 6.28. The number of carbonyl (C=O) groups excluding carboxylic acids is 2. The van der Waals surface area contributed by atoms with Gasteiger partial charge in [-0.1, -0.05) is 54.6 Å². The lowest BCUT2D eigenvalue weighted by Gasteiger charge is -2.26. The molecular weight excluding hydrogens is 680 g/mol. The number of nitrogens with one attached hydrogen (secondary N) is 1. The Kier molecular flexibility index (Phi) is 10.6. The number of carbonyl (C=O) groups is 3. The molecular formula is C35H36N6O11. The zero-order valence-corrected chi connectivity index (χ0v) is 28.4. The van der Waals surface area contributed by atoms with Crippen molar-refractivity contribution in [3.05, 3.63) is 77.9 Å².